The quantitative estimate of drug-likeness (QED) is 0.221. The Morgan fingerprint density at radius 1 is 0.487 bits per heavy atom. The first-order chi connectivity index (χ1) is 19.3. The predicted molar refractivity (Wildman–Crippen MR) is 165 cm³/mol. The average Bonchev–Trinajstić information content (AvgIpc) is 3.38. The minimum atomic E-state index is 0.408. The van der Waals surface area contributed by atoms with Crippen molar-refractivity contribution in [3.63, 3.8) is 0 Å². The van der Waals surface area contributed by atoms with Crippen LogP contribution in [-0.4, -0.2) is 0 Å². The molecule has 1 aliphatic rings. The van der Waals surface area contributed by atoms with Gasteiger partial charge in [0.2, 0.25) is 0 Å². The molecular formula is C38H26O. The maximum atomic E-state index is 6.31. The molecule has 8 rings (SSSR count). The normalized spacial score (nSPS) is 15.1. The second-order valence-electron chi connectivity index (χ2n) is 10.4. The van der Waals surface area contributed by atoms with Crippen molar-refractivity contribution < 1.29 is 4.42 Å². The van der Waals surface area contributed by atoms with Gasteiger partial charge in [-0.15, -0.1) is 0 Å². The van der Waals surface area contributed by atoms with Gasteiger partial charge in [-0.2, -0.15) is 0 Å². The molecule has 1 aromatic heterocycles. The Labute approximate surface area is 227 Å². The zero-order valence-electron chi connectivity index (χ0n) is 21.5. The Kier molecular flexibility index (Phi) is 5.03. The van der Waals surface area contributed by atoms with Gasteiger partial charge in [0.25, 0.3) is 0 Å². The lowest BCUT2D eigenvalue weighted by atomic mass is 9.85. The van der Waals surface area contributed by atoms with Crippen LogP contribution in [-0.2, 0) is 0 Å². The average molecular weight is 499 g/mol. The van der Waals surface area contributed by atoms with Gasteiger partial charge in [-0.1, -0.05) is 115 Å². The van der Waals surface area contributed by atoms with E-state index in [1.807, 2.05) is 0 Å². The third kappa shape index (κ3) is 3.55. The molecule has 7 aromatic rings. The summed E-state index contributed by atoms with van der Waals surface area (Å²) in [6.45, 7) is 0. The van der Waals surface area contributed by atoms with E-state index >= 15 is 0 Å². The van der Waals surface area contributed by atoms with Crippen molar-refractivity contribution in [2.45, 2.75) is 12.3 Å². The van der Waals surface area contributed by atoms with E-state index in [1.165, 1.54) is 60.1 Å². The first kappa shape index (κ1) is 22.1. The number of hydrogen-bond donors (Lipinski definition) is 0. The van der Waals surface area contributed by atoms with Crippen molar-refractivity contribution in [2.24, 2.45) is 0 Å². The molecular weight excluding hydrogens is 472 g/mol. The lowest BCUT2D eigenvalue weighted by Crippen LogP contribution is -1.95. The van der Waals surface area contributed by atoms with Crippen molar-refractivity contribution in [1.29, 1.82) is 0 Å². The summed E-state index contributed by atoms with van der Waals surface area (Å²) in [7, 11) is 0. The highest BCUT2D eigenvalue weighted by Crippen LogP contribution is 2.44. The Hall–Kier alpha value is -4.88. The summed E-state index contributed by atoms with van der Waals surface area (Å²) in [6, 6.07) is 41.8. The maximum absolute atomic E-state index is 6.31. The third-order valence-corrected chi connectivity index (χ3v) is 8.18. The lowest BCUT2D eigenvalue weighted by molar-refractivity contribution is 0.668. The topological polar surface area (TPSA) is 13.1 Å². The van der Waals surface area contributed by atoms with E-state index < -0.39 is 0 Å². The highest BCUT2D eigenvalue weighted by atomic mass is 16.3. The molecule has 1 heteroatoms. The van der Waals surface area contributed by atoms with E-state index in [0.29, 0.717) is 5.92 Å². The van der Waals surface area contributed by atoms with Crippen molar-refractivity contribution in [3.05, 3.63) is 145 Å². The van der Waals surface area contributed by atoms with Gasteiger partial charge in [-0.3, -0.25) is 0 Å². The van der Waals surface area contributed by atoms with Crippen LogP contribution in [0.2, 0.25) is 0 Å². The minimum Gasteiger partial charge on any atom is -0.456 e. The summed E-state index contributed by atoms with van der Waals surface area (Å²) in [6.07, 6.45) is 9.86. The molecule has 6 aromatic carbocycles. The van der Waals surface area contributed by atoms with Crippen LogP contribution in [0.4, 0.5) is 0 Å². The fourth-order valence-corrected chi connectivity index (χ4v) is 6.36. The molecule has 0 saturated carbocycles. The standard InChI is InChI=1S/C38H26O/c1-3-11-25(12-4-1)27-19-21-35-33(23-27)34-24-28(20-22-36(34)39-35)38-31-17-9-7-15-29(31)37(26-13-5-2-6-14-26)30-16-8-10-18-32(30)38/h1-11,13-25H,12H2. The molecule has 0 N–H and O–H groups in total. The number of allylic oxidation sites excluding steroid dienone is 4. The Morgan fingerprint density at radius 2 is 1.08 bits per heavy atom. The molecule has 0 aliphatic heterocycles. The second-order valence-corrected chi connectivity index (χ2v) is 10.4. The molecule has 0 fully saturated rings. The van der Waals surface area contributed by atoms with E-state index in [2.05, 4.69) is 140 Å². The van der Waals surface area contributed by atoms with Crippen LogP contribution in [0, 0.1) is 0 Å². The molecule has 1 heterocycles. The Morgan fingerprint density at radius 3 is 1.72 bits per heavy atom. The molecule has 39 heavy (non-hydrogen) atoms. The number of benzene rings is 6. The number of furan rings is 1. The summed E-state index contributed by atoms with van der Waals surface area (Å²) in [5, 5.41) is 7.42. The van der Waals surface area contributed by atoms with E-state index in [-0.39, 0.29) is 0 Å². The van der Waals surface area contributed by atoms with E-state index in [0.717, 1.165) is 17.6 Å². The summed E-state index contributed by atoms with van der Waals surface area (Å²) in [4.78, 5) is 0. The van der Waals surface area contributed by atoms with Crippen molar-refractivity contribution in [2.75, 3.05) is 0 Å². The largest absolute Gasteiger partial charge is 0.456 e. The van der Waals surface area contributed by atoms with Gasteiger partial charge in [0, 0.05) is 16.7 Å². The van der Waals surface area contributed by atoms with Gasteiger partial charge in [-0.05, 0) is 80.0 Å². The van der Waals surface area contributed by atoms with Gasteiger partial charge in [0.15, 0.2) is 0 Å². The lowest BCUT2D eigenvalue weighted by Gasteiger charge is -2.17. The monoisotopic (exact) mass is 498 g/mol. The zero-order valence-corrected chi connectivity index (χ0v) is 21.5. The molecule has 0 amide bonds. The van der Waals surface area contributed by atoms with Crippen LogP contribution in [0.15, 0.2) is 144 Å². The van der Waals surface area contributed by atoms with Gasteiger partial charge >= 0.3 is 0 Å². The SMILES string of the molecule is C1=CCC(c2ccc3oc4ccc(-c5c6ccccc6c(-c6ccccc6)c6ccccc56)cc4c3c2)C=C1. The highest BCUT2D eigenvalue weighted by Gasteiger charge is 2.18. The minimum absolute atomic E-state index is 0.408. The molecule has 1 atom stereocenters. The van der Waals surface area contributed by atoms with Gasteiger partial charge < -0.3 is 4.42 Å². The summed E-state index contributed by atoms with van der Waals surface area (Å²) in [5.74, 6) is 0.408. The van der Waals surface area contributed by atoms with Crippen molar-refractivity contribution >= 4 is 43.5 Å². The summed E-state index contributed by atoms with van der Waals surface area (Å²) < 4.78 is 6.31. The number of hydrogen-bond acceptors (Lipinski definition) is 1. The van der Waals surface area contributed by atoms with Crippen LogP contribution in [0.25, 0.3) is 65.7 Å². The van der Waals surface area contributed by atoms with Crippen LogP contribution in [0.5, 0.6) is 0 Å². The van der Waals surface area contributed by atoms with E-state index in [9.17, 15) is 0 Å². The fraction of sp³-hybridized carbons (Fsp3) is 0.0526. The first-order valence-electron chi connectivity index (χ1n) is 13.6. The first-order valence-corrected chi connectivity index (χ1v) is 13.6. The zero-order chi connectivity index (χ0) is 25.8. The Balaban J connectivity index is 1.41. The van der Waals surface area contributed by atoms with Crippen LogP contribution < -0.4 is 0 Å². The number of rotatable bonds is 3. The maximum Gasteiger partial charge on any atom is 0.135 e. The smallest absolute Gasteiger partial charge is 0.135 e. The van der Waals surface area contributed by atoms with E-state index in [4.69, 9.17) is 4.42 Å². The van der Waals surface area contributed by atoms with Crippen LogP contribution in [0.3, 0.4) is 0 Å². The molecule has 0 radical (unpaired) electrons. The molecule has 1 aliphatic carbocycles. The van der Waals surface area contributed by atoms with Crippen LogP contribution in [0.1, 0.15) is 17.9 Å². The van der Waals surface area contributed by atoms with Gasteiger partial charge in [-0.25, -0.2) is 0 Å². The molecule has 0 bridgehead atoms. The molecule has 0 saturated heterocycles. The molecule has 1 nitrogen and oxygen atoms in total. The summed E-state index contributed by atoms with van der Waals surface area (Å²) >= 11 is 0. The van der Waals surface area contributed by atoms with Crippen molar-refractivity contribution in [3.8, 4) is 22.3 Å². The highest BCUT2D eigenvalue weighted by molar-refractivity contribution is 6.22. The third-order valence-electron chi connectivity index (χ3n) is 8.18. The van der Waals surface area contributed by atoms with Gasteiger partial charge in [0.1, 0.15) is 11.2 Å². The summed E-state index contributed by atoms with van der Waals surface area (Å²) in [5.41, 5.74) is 8.22. The van der Waals surface area contributed by atoms with Crippen LogP contribution >= 0.6 is 0 Å². The number of fused-ring (bicyclic) bond motifs is 5. The predicted octanol–water partition coefficient (Wildman–Crippen LogP) is 10.8. The second kappa shape index (κ2) is 8.85. The van der Waals surface area contributed by atoms with Crippen molar-refractivity contribution in [1.82, 2.24) is 0 Å². The Bertz CT molecular complexity index is 2030. The van der Waals surface area contributed by atoms with Gasteiger partial charge in [0.05, 0.1) is 0 Å². The fourth-order valence-electron chi connectivity index (χ4n) is 6.36. The molecule has 184 valence electrons. The molecule has 0 spiro atoms. The molecule has 1 unspecified atom stereocenters. The van der Waals surface area contributed by atoms with E-state index in [1.54, 1.807) is 0 Å².